The maximum atomic E-state index is 4.56. The van der Waals surface area contributed by atoms with Crippen molar-refractivity contribution in [1.29, 1.82) is 0 Å². The number of rotatable bonds is 2. The fourth-order valence-corrected chi connectivity index (χ4v) is 2.39. The maximum Gasteiger partial charge on any atom is 0.135 e. The van der Waals surface area contributed by atoms with Crippen molar-refractivity contribution in [2.24, 2.45) is 4.99 Å². The topological polar surface area (TPSA) is 22.1 Å². The van der Waals surface area contributed by atoms with E-state index in [0.717, 1.165) is 13.1 Å². The molecule has 1 fully saturated rings. The number of piperazine rings is 1. The molecule has 4 nitrogen and oxygen atoms in total. The van der Waals surface area contributed by atoms with E-state index in [0.29, 0.717) is 6.04 Å². The lowest BCUT2D eigenvalue weighted by molar-refractivity contribution is 0.0797. The Morgan fingerprint density at radius 3 is 2.50 bits per heavy atom. The monoisotopic (exact) mass is 222 g/mol. The van der Waals surface area contributed by atoms with Gasteiger partial charge in [0.1, 0.15) is 6.17 Å². The lowest BCUT2D eigenvalue weighted by Crippen LogP contribution is -2.54. The summed E-state index contributed by atoms with van der Waals surface area (Å²) in [5.41, 5.74) is 0. The largest absolute Gasteiger partial charge is 0.358 e. The van der Waals surface area contributed by atoms with E-state index in [9.17, 15) is 0 Å². The van der Waals surface area contributed by atoms with Crippen molar-refractivity contribution in [3.63, 3.8) is 0 Å². The molecule has 2 aliphatic rings. The van der Waals surface area contributed by atoms with Crippen LogP contribution in [0.4, 0.5) is 0 Å². The van der Waals surface area contributed by atoms with Crippen LogP contribution in [0.3, 0.4) is 0 Å². The van der Waals surface area contributed by atoms with Gasteiger partial charge >= 0.3 is 0 Å². The Kier molecular flexibility index (Phi) is 3.61. The van der Waals surface area contributed by atoms with Gasteiger partial charge in [0.15, 0.2) is 0 Å². The second-order valence-corrected chi connectivity index (χ2v) is 4.80. The van der Waals surface area contributed by atoms with Gasteiger partial charge in [-0.15, -0.1) is 0 Å². The Morgan fingerprint density at radius 2 is 1.88 bits per heavy atom. The second kappa shape index (κ2) is 4.97. The van der Waals surface area contributed by atoms with E-state index in [1.165, 1.54) is 13.1 Å². The molecule has 2 unspecified atom stereocenters. The van der Waals surface area contributed by atoms with Crippen LogP contribution in [0.25, 0.3) is 0 Å². The molecule has 2 heterocycles. The summed E-state index contributed by atoms with van der Waals surface area (Å²) in [6.07, 6.45) is 6.28. The predicted octanol–water partition coefficient (Wildman–Crippen LogP) is 0.478. The van der Waals surface area contributed by atoms with E-state index in [2.05, 4.69) is 46.9 Å². The molecular weight excluding hydrogens is 200 g/mol. The van der Waals surface area contributed by atoms with Gasteiger partial charge in [-0.2, -0.15) is 0 Å². The van der Waals surface area contributed by atoms with Crippen LogP contribution in [0, 0.1) is 0 Å². The van der Waals surface area contributed by atoms with E-state index >= 15 is 0 Å². The number of hydrogen-bond acceptors (Lipinski definition) is 4. The van der Waals surface area contributed by atoms with Gasteiger partial charge in [-0.1, -0.05) is 0 Å². The lowest BCUT2D eigenvalue weighted by Gasteiger charge is -2.41. The van der Waals surface area contributed by atoms with Gasteiger partial charge in [0.05, 0.1) is 0 Å². The first-order valence-electron chi connectivity index (χ1n) is 6.03. The van der Waals surface area contributed by atoms with Crippen molar-refractivity contribution >= 4 is 6.21 Å². The number of allylic oxidation sites excluding steroid dienone is 1. The van der Waals surface area contributed by atoms with Crippen LogP contribution in [-0.2, 0) is 0 Å². The molecule has 1 saturated heterocycles. The molecule has 90 valence electrons. The first-order chi connectivity index (χ1) is 7.68. The van der Waals surface area contributed by atoms with Gasteiger partial charge in [0.25, 0.3) is 0 Å². The van der Waals surface area contributed by atoms with Gasteiger partial charge in [0, 0.05) is 51.7 Å². The van der Waals surface area contributed by atoms with Crippen LogP contribution in [0.5, 0.6) is 0 Å². The number of likely N-dealkylation sites (N-methyl/N-ethyl adjacent to an activating group) is 2. The number of hydrogen-bond donors (Lipinski definition) is 0. The minimum atomic E-state index is 0.272. The van der Waals surface area contributed by atoms with Gasteiger partial charge in [-0.25, -0.2) is 0 Å². The fourth-order valence-electron chi connectivity index (χ4n) is 2.39. The van der Waals surface area contributed by atoms with Gasteiger partial charge in [-0.05, 0) is 20.0 Å². The molecule has 0 aromatic carbocycles. The first kappa shape index (κ1) is 11.6. The molecule has 0 radical (unpaired) electrons. The Hall–Kier alpha value is -0.870. The SMILES string of the molecule is CC(C1N=CC=CN1C)N1CCN(C)CC1. The van der Waals surface area contributed by atoms with Crippen LogP contribution in [0.1, 0.15) is 6.92 Å². The standard InChI is InChI=1S/C12H22N4/c1-11(12-13-5-4-6-15(12)3)16-9-7-14(2)8-10-16/h4-6,11-12H,7-10H2,1-3H3. The van der Waals surface area contributed by atoms with Crippen LogP contribution in [0.15, 0.2) is 17.3 Å². The van der Waals surface area contributed by atoms with E-state index in [1.54, 1.807) is 0 Å². The Labute approximate surface area is 98.2 Å². The Balaban J connectivity index is 1.94. The molecule has 4 heteroatoms. The summed E-state index contributed by atoms with van der Waals surface area (Å²) in [6, 6.07) is 0.486. The highest BCUT2D eigenvalue weighted by Crippen LogP contribution is 2.15. The number of aliphatic imine (C=N–C) groups is 1. The van der Waals surface area contributed by atoms with Crippen LogP contribution < -0.4 is 0 Å². The highest BCUT2D eigenvalue weighted by molar-refractivity contribution is 5.71. The van der Waals surface area contributed by atoms with Crippen molar-refractivity contribution in [2.45, 2.75) is 19.1 Å². The molecule has 0 N–H and O–H groups in total. The Bertz CT molecular complexity index is 279. The molecule has 2 aliphatic heterocycles. The van der Waals surface area contributed by atoms with Crippen molar-refractivity contribution in [1.82, 2.24) is 14.7 Å². The van der Waals surface area contributed by atoms with Crippen LogP contribution in [0.2, 0.25) is 0 Å². The Morgan fingerprint density at radius 1 is 1.19 bits per heavy atom. The maximum absolute atomic E-state index is 4.56. The molecule has 0 aromatic rings. The fraction of sp³-hybridized carbons (Fsp3) is 0.750. The summed E-state index contributed by atoms with van der Waals surface area (Å²) in [7, 11) is 4.29. The van der Waals surface area contributed by atoms with Crippen LogP contribution >= 0.6 is 0 Å². The van der Waals surface area contributed by atoms with Gasteiger partial charge in [-0.3, -0.25) is 9.89 Å². The molecule has 16 heavy (non-hydrogen) atoms. The molecule has 0 aliphatic carbocycles. The molecule has 0 spiro atoms. The van der Waals surface area contributed by atoms with E-state index in [-0.39, 0.29) is 6.17 Å². The lowest BCUT2D eigenvalue weighted by atomic mass is 10.1. The van der Waals surface area contributed by atoms with E-state index < -0.39 is 0 Å². The zero-order chi connectivity index (χ0) is 11.5. The summed E-state index contributed by atoms with van der Waals surface area (Å²) >= 11 is 0. The highest BCUT2D eigenvalue weighted by atomic mass is 15.3. The van der Waals surface area contributed by atoms with Crippen LogP contribution in [-0.4, -0.2) is 73.4 Å². The van der Waals surface area contributed by atoms with Crippen molar-refractivity contribution in [2.75, 3.05) is 40.3 Å². The minimum Gasteiger partial charge on any atom is -0.358 e. The average Bonchev–Trinajstić information content (AvgIpc) is 2.30. The summed E-state index contributed by atoms with van der Waals surface area (Å²) in [5.74, 6) is 0. The molecule has 0 saturated carbocycles. The second-order valence-electron chi connectivity index (χ2n) is 4.80. The third-order valence-electron chi connectivity index (χ3n) is 3.61. The van der Waals surface area contributed by atoms with E-state index in [1.807, 2.05) is 12.3 Å². The van der Waals surface area contributed by atoms with E-state index in [4.69, 9.17) is 0 Å². The molecule has 2 rings (SSSR count). The molecular formula is C12H22N4. The summed E-state index contributed by atoms with van der Waals surface area (Å²) in [4.78, 5) is 11.7. The normalized spacial score (nSPS) is 29.7. The zero-order valence-electron chi connectivity index (χ0n) is 10.5. The zero-order valence-corrected chi connectivity index (χ0v) is 10.5. The highest BCUT2D eigenvalue weighted by Gasteiger charge is 2.27. The average molecular weight is 222 g/mol. The molecule has 0 aromatic heterocycles. The van der Waals surface area contributed by atoms with Gasteiger partial charge in [0.2, 0.25) is 0 Å². The summed E-state index contributed by atoms with van der Waals surface area (Å²) in [5, 5.41) is 0. The predicted molar refractivity (Wildman–Crippen MR) is 67.7 cm³/mol. The molecule has 2 atom stereocenters. The summed E-state index contributed by atoms with van der Waals surface area (Å²) < 4.78 is 0. The first-order valence-corrected chi connectivity index (χ1v) is 6.03. The van der Waals surface area contributed by atoms with Crippen molar-refractivity contribution in [3.05, 3.63) is 12.3 Å². The third-order valence-corrected chi connectivity index (χ3v) is 3.61. The molecule has 0 bridgehead atoms. The minimum absolute atomic E-state index is 0.272. The quantitative estimate of drug-likeness (QED) is 0.678. The molecule has 0 amide bonds. The van der Waals surface area contributed by atoms with Crippen molar-refractivity contribution < 1.29 is 0 Å². The summed E-state index contributed by atoms with van der Waals surface area (Å²) in [6.45, 7) is 6.92. The third kappa shape index (κ3) is 2.44. The van der Waals surface area contributed by atoms with Gasteiger partial charge < -0.3 is 9.80 Å². The smallest absolute Gasteiger partial charge is 0.135 e. The van der Waals surface area contributed by atoms with Crippen molar-refractivity contribution in [3.8, 4) is 0 Å². The number of nitrogens with zero attached hydrogens (tertiary/aromatic N) is 4.